The molecule has 0 bridgehead atoms. The fourth-order valence-corrected chi connectivity index (χ4v) is 5.90. The van der Waals surface area contributed by atoms with E-state index in [0.717, 1.165) is 19.6 Å². The summed E-state index contributed by atoms with van der Waals surface area (Å²) in [5.41, 5.74) is 1.53. The summed E-state index contributed by atoms with van der Waals surface area (Å²) in [6, 6.07) is 0. The zero-order chi connectivity index (χ0) is 16.2. The molecule has 0 unspecified atom stereocenters. The number of rotatable bonds is 2. The monoisotopic (exact) mass is 316 g/mol. The van der Waals surface area contributed by atoms with Crippen molar-refractivity contribution in [3.8, 4) is 0 Å². The lowest BCUT2D eigenvalue weighted by molar-refractivity contribution is -0.111. The molecule has 6 atom stereocenters. The van der Waals surface area contributed by atoms with Gasteiger partial charge in [-0.25, -0.2) is 0 Å². The van der Waals surface area contributed by atoms with Crippen LogP contribution in [-0.2, 0) is 14.3 Å². The van der Waals surface area contributed by atoms with Gasteiger partial charge in [-0.05, 0) is 67.1 Å². The molecule has 23 heavy (non-hydrogen) atoms. The Labute approximate surface area is 139 Å². The molecule has 0 aromatic rings. The summed E-state index contributed by atoms with van der Waals surface area (Å²) in [5, 5.41) is 0. The molecule has 1 aliphatic heterocycles. The lowest BCUT2D eigenvalue weighted by atomic mass is 9.48. The number of allylic oxidation sites excluding steroid dienone is 3. The van der Waals surface area contributed by atoms with Gasteiger partial charge in [0.1, 0.15) is 0 Å². The van der Waals surface area contributed by atoms with E-state index in [1.54, 1.807) is 6.08 Å². The predicted molar refractivity (Wildman–Crippen MR) is 89.0 cm³/mol. The van der Waals surface area contributed by atoms with Gasteiger partial charge in [0.05, 0.1) is 19.3 Å². The van der Waals surface area contributed by atoms with Gasteiger partial charge in [0.2, 0.25) is 0 Å². The van der Waals surface area contributed by atoms with Gasteiger partial charge in [0.15, 0.2) is 5.78 Å². The Balaban J connectivity index is 1.74. The first-order valence-electron chi connectivity index (χ1n) is 9.12. The Morgan fingerprint density at radius 2 is 2.17 bits per heavy atom. The highest BCUT2D eigenvalue weighted by Gasteiger charge is 2.58. The maximum absolute atomic E-state index is 12.0. The van der Waals surface area contributed by atoms with Gasteiger partial charge in [0, 0.05) is 12.0 Å². The van der Waals surface area contributed by atoms with Gasteiger partial charge >= 0.3 is 0 Å². The molecular weight excluding hydrogens is 288 g/mol. The van der Waals surface area contributed by atoms with Crippen LogP contribution in [0.5, 0.6) is 0 Å². The molecule has 0 amide bonds. The fraction of sp³-hybridized carbons (Fsp3) is 0.750. The van der Waals surface area contributed by atoms with E-state index >= 15 is 0 Å². The van der Waals surface area contributed by atoms with E-state index in [1.165, 1.54) is 18.4 Å². The molecule has 0 spiro atoms. The summed E-state index contributed by atoms with van der Waals surface area (Å²) in [6.07, 6.45) is 9.40. The molecule has 3 heteroatoms. The largest absolute Gasteiger partial charge is 0.381 e. The van der Waals surface area contributed by atoms with Crippen LogP contribution in [0.4, 0.5) is 0 Å². The van der Waals surface area contributed by atoms with Crippen molar-refractivity contribution >= 4 is 5.78 Å². The molecule has 4 rings (SSSR count). The van der Waals surface area contributed by atoms with Crippen molar-refractivity contribution in [2.24, 2.45) is 28.6 Å². The van der Waals surface area contributed by atoms with Crippen molar-refractivity contribution in [3.05, 3.63) is 23.8 Å². The third kappa shape index (κ3) is 2.20. The second kappa shape index (κ2) is 5.29. The summed E-state index contributed by atoms with van der Waals surface area (Å²) < 4.78 is 12.0. The van der Waals surface area contributed by atoms with Crippen LogP contribution in [0.3, 0.4) is 0 Å². The number of carbonyl (C=O) groups excluding carboxylic acids is 1. The van der Waals surface area contributed by atoms with Gasteiger partial charge < -0.3 is 9.47 Å². The van der Waals surface area contributed by atoms with E-state index < -0.39 is 0 Å². The Bertz CT molecular complexity index is 577. The predicted octanol–water partition coefficient (Wildman–Crippen LogP) is 3.55. The molecule has 1 saturated heterocycles. The van der Waals surface area contributed by atoms with Gasteiger partial charge in [0.25, 0.3) is 0 Å². The Kier molecular flexibility index (Phi) is 3.58. The lowest BCUT2D eigenvalue weighted by Crippen LogP contribution is -2.53. The normalized spacial score (nSPS) is 48.5. The first-order chi connectivity index (χ1) is 11.0. The number of ketones is 1. The van der Waals surface area contributed by atoms with E-state index in [4.69, 9.17) is 9.47 Å². The molecule has 3 nitrogen and oxygen atoms in total. The van der Waals surface area contributed by atoms with Gasteiger partial charge in [-0.1, -0.05) is 19.9 Å². The second-order valence-corrected chi connectivity index (χ2v) is 8.38. The zero-order valence-electron chi connectivity index (χ0n) is 14.5. The average Bonchev–Trinajstić information content (AvgIpc) is 2.91. The third-order valence-electron chi connectivity index (χ3n) is 7.17. The van der Waals surface area contributed by atoms with Gasteiger partial charge in [-0.3, -0.25) is 4.79 Å². The number of carbonyl (C=O) groups is 1. The molecule has 3 fully saturated rings. The topological polar surface area (TPSA) is 35.5 Å². The van der Waals surface area contributed by atoms with Crippen molar-refractivity contribution in [2.75, 3.05) is 19.8 Å². The average molecular weight is 316 g/mol. The smallest absolute Gasteiger partial charge is 0.178 e. The fourth-order valence-electron chi connectivity index (χ4n) is 5.90. The quantitative estimate of drug-likeness (QED) is 0.781. The standard InChI is InChI=1S/C20H28O3/c1-4-23-18-10-14-15(6-7-19(2)12-22-11-17(14)19)20(3)8-5-13(21)9-16(18)20/h5,8-9,14-15,17-18H,4,6-7,10-12H2,1-3H3/t14-,15+,17+,18-,19-,20-/m1/s1. The highest BCUT2D eigenvalue weighted by atomic mass is 16.5. The maximum atomic E-state index is 12.0. The van der Waals surface area contributed by atoms with Crippen LogP contribution in [0.25, 0.3) is 0 Å². The van der Waals surface area contributed by atoms with Crippen molar-refractivity contribution in [1.82, 2.24) is 0 Å². The molecule has 126 valence electrons. The van der Waals surface area contributed by atoms with Crippen molar-refractivity contribution in [2.45, 2.75) is 46.1 Å². The highest BCUT2D eigenvalue weighted by Crippen LogP contribution is 2.62. The number of hydrogen-bond acceptors (Lipinski definition) is 3. The lowest BCUT2D eigenvalue weighted by Gasteiger charge is -2.57. The molecule has 0 aromatic carbocycles. The van der Waals surface area contributed by atoms with Crippen LogP contribution >= 0.6 is 0 Å². The summed E-state index contributed by atoms with van der Waals surface area (Å²) in [5.74, 6) is 1.99. The minimum absolute atomic E-state index is 0.0272. The molecule has 0 N–H and O–H groups in total. The molecule has 0 aromatic heterocycles. The number of ether oxygens (including phenoxy) is 2. The molecule has 3 aliphatic carbocycles. The van der Waals surface area contributed by atoms with E-state index in [0.29, 0.717) is 29.8 Å². The minimum atomic E-state index is -0.0272. The number of hydrogen-bond donors (Lipinski definition) is 0. The van der Waals surface area contributed by atoms with Gasteiger partial charge in [-0.2, -0.15) is 0 Å². The second-order valence-electron chi connectivity index (χ2n) is 8.38. The number of fused-ring (bicyclic) bond motifs is 5. The maximum Gasteiger partial charge on any atom is 0.178 e. The van der Waals surface area contributed by atoms with Crippen LogP contribution in [-0.4, -0.2) is 31.7 Å². The van der Waals surface area contributed by atoms with Crippen molar-refractivity contribution < 1.29 is 14.3 Å². The minimum Gasteiger partial charge on any atom is -0.381 e. The van der Waals surface area contributed by atoms with E-state index in [-0.39, 0.29) is 17.3 Å². The van der Waals surface area contributed by atoms with Crippen molar-refractivity contribution in [3.63, 3.8) is 0 Å². The summed E-state index contributed by atoms with van der Waals surface area (Å²) in [7, 11) is 0. The Morgan fingerprint density at radius 1 is 1.35 bits per heavy atom. The van der Waals surface area contributed by atoms with Gasteiger partial charge in [-0.15, -0.1) is 0 Å². The molecular formula is C20H28O3. The van der Waals surface area contributed by atoms with Crippen LogP contribution < -0.4 is 0 Å². The van der Waals surface area contributed by atoms with E-state index in [2.05, 4.69) is 19.9 Å². The molecule has 1 heterocycles. The Morgan fingerprint density at radius 3 is 2.96 bits per heavy atom. The third-order valence-corrected chi connectivity index (χ3v) is 7.17. The zero-order valence-corrected chi connectivity index (χ0v) is 14.5. The van der Waals surface area contributed by atoms with Crippen LogP contribution in [0.15, 0.2) is 23.8 Å². The van der Waals surface area contributed by atoms with Crippen LogP contribution in [0.2, 0.25) is 0 Å². The summed E-state index contributed by atoms with van der Waals surface area (Å²) in [4.78, 5) is 12.0. The van der Waals surface area contributed by atoms with E-state index in [1.807, 2.05) is 13.0 Å². The molecule has 4 aliphatic rings. The summed E-state index contributed by atoms with van der Waals surface area (Å²) in [6.45, 7) is 9.29. The van der Waals surface area contributed by atoms with Crippen LogP contribution in [0, 0.1) is 28.6 Å². The molecule has 0 radical (unpaired) electrons. The van der Waals surface area contributed by atoms with Crippen LogP contribution in [0.1, 0.15) is 40.0 Å². The summed E-state index contributed by atoms with van der Waals surface area (Å²) >= 11 is 0. The SMILES string of the molecule is CCO[C@@H]1C[C@H]2[C@@H]3COC[C@@]3(C)CC[C@@H]2[C@@]2(C)C=CC(=O)C=C12. The first kappa shape index (κ1) is 15.6. The van der Waals surface area contributed by atoms with Crippen molar-refractivity contribution in [1.29, 1.82) is 0 Å². The Hall–Kier alpha value is -0.930. The highest BCUT2D eigenvalue weighted by molar-refractivity contribution is 6.01. The first-order valence-corrected chi connectivity index (χ1v) is 9.12. The molecule has 2 saturated carbocycles. The van der Waals surface area contributed by atoms with E-state index in [9.17, 15) is 4.79 Å².